The van der Waals surface area contributed by atoms with Gasteiger partial charge in [0.15, 0.2) is 0 Å². The molecule has 3 N–H and O–H groups in total. The van der Waals surface area contributed by atoms with Crippen LogP contribution in [0.1, 0.15) is 22.8 Å². The average Bonchev–Trinajstić information content (AvgIpc) is 2.67. The molecule has 0 bridgehead atoms. The quantitative estimate of drug-likeness (QED) is 0.649. The molecule has 0 spiro atoms. The molecule has 7 heteroatoms. The number of rotatable bonds is 7. The van der Waals surface area contributed by atoms with E-state index in [9.17, 15) is 14.4 Å². The van der Waals surface area contributed by atoms with Crippen molar-refractivity contribution in [2.24, 2.45) is 0 Å². The Morgan fingerprint density at radius 3 is 2.30 bits per heavy atom. The number of carbonyl (C=O) groups excluding carboxylic acids is 2. The first-order valence-corrected chi connectivity index (χ1v) is 8.17. The van der Waals surface area contributed by atoms with Gasteiger partial charge >= 0.3 is 5.97 Å². The molecule has 0 heterocycles. The van der Waals surface area contributed by atoms with Gasteiger partial charge in [0, 0.05) is 0 Å². The molecule has 0 aliphatic carbocycles. The molecular formula is C20H20N2O5. The summed E-state index contributed by atoms with van der Waals surface area (Å²) in [6.07, 6.45) is 1.47. The number of carboxylic acids is 1. The highest BCUT2D eigenvalue weighted by atomic mass is 16.5. The smallest absolute Gasteiger partial charge is 0.325 e. The lowest BCUT2D eigenvalue weighted by molar-refractivity contribution is -0.140. The van der Waals surface area contributed by atoms with Gasteiger partial charge in [0.2, 0.25) is 0 Å². The van der Waals surface area contributed by atoms with Crippen molar-refractivity contribution in [3.05, 3.63) is 71.4 Å². The third-order valence-corrected chi connectivity index (χ3v) is 3.67. The van der Waals surface area contributed by atoms with Crippen LogP contribution < -0.4 is 15.4 Å². The second-order valence-electron chi connectivity index (χ2n) is 5.66. The number of nitrogens with one attached hydrogen (secondary N) is 2. The minimum atomic E-state index is -1.18. The lowest BCUT2D eigenvalue weighted by Crippen LogP contribution is -2.42. The minimum absolute atomic E-state index is 0.0785. The Labute approximate surface area is 156 Å². The van der Waals surface area contributed by atoms with Crippen molar-refractivity contribution in [2.75, 3.05) is 7.11 Å². The predicted octanol–water partition coefficient (Wildman–Crippen LogP) is 2.06. The number of carboxylic acid groups (broad SMARTS) is 1. The van der Waals surface area contributed by atoms with Gasteiger partial charge in [0.1, 0.15) is 17.5 Å². The van der Waals surface area contributed by atoms with Crippen molar-refractivity contribution >= 4 is 23.9 Å². The van der Waals surface area contributed by atoms with Crippen LogP contribution >= 0.6 is 0 Å². The summed E-state index contributed by atoms with van der Waals surface area (Å²) in [5.41, 5.74) is 0.842. The lowest BCUT2D eigenvalue weighted by Gasteiger charge is -2.14. The zero-order valence-corrected chi connectivity index (χ0v) is 14.9. The first kappa shape index (κ1) is 19.7. The molecule has 0 radical (unpaired) electrons. The fraction of sp³-hybridized carbons (Fsp3) is 0.150. The first-order valence-electron chi connectivity index (χ1n) is 8.17. The van der Waals surface area contributed by atoms with E-state index in [-0.39, 0.29) is 11.3 Å². The van der Waals surface area contributed by atoms with Crippen molar-refractivity contribution in [1.82, 2.24) is 10.6 Å². The Morgan fingerprint density at radius 2 is 1.67 bits per heavy atom. The SMILES string of the molecule is COc1ccccc1C(=O)N/C(=C\c1ccccc1)C(=O)N[C@@H](C)C(=O)O. The zero-order valence-electron chi connectivity index (χ0n) is 14.9. The molecule has 27 heavy (non-hydrogen) atoms. The Kier molecular flexibility index (Phi) is 6.71. The van der Waals surface area contributed by atoms with Crippen LogP contribution in [0.3, 0.4) is 0 Å². The zero-order chi connectivity index (χ0) is 19.8. The second kappa shape index (κ2) is 9.19. The summed E-state index contributed by atoms with van der Waals surface area (Å²) in [6.45, 7) is 1.34. The third-order valence-electron chi connectivity index (χ3n) is 3.67. The Bertz CT molecular complexity index is 862. The van der Waals surface area contributed by atoms with E-state index in [0.717, 1.165) is 0 Å². The van der Waals surface area contributed by atoms with E-state index < -0.39 is 23.8 Å². The van der Waals surface area contributed by atoms with Crippen LogP contribution in [0.5, 0.6) is 5.75 Å². The molecule has 2 amide bonds. The highest BCUT2D eigenvalue weighted by molar-refractivity contribution is 6.06. The number of ether oxygens (including phenoxy) is 1. The standard InChI is InChI=1S/C20H20N2O5/c1-13(20(25)26)21-19(24)16(12-14-8-4-3-5-9-14)22-18(23)15-10-6-7-11-17(15)27-2/h3-13H,1-2H3,(H,21,24)(H,22,23)(H,25,26)/b16-12-/t13-/m0/s1. The van der Waals surface area contributed by atoms with Crippen LogP contribution in [0.2, 0.25) is 0 Å². The normalized spacial score (nSPS) is 12.0. The van der Waals surface area contributed by atoms with Crippen LogP contribution in [0.15, 0.2) is 60.3 Å². The summed E-state index contributed by atoms with van der Waals surface area (Å²) in [4.78, 5) is 36.1. The highest BCUT2D eigenvalue weighted by Gasteiger charge is 2.20. The summed E-state index contributed by atoms with van der Waals surface area (Å²) in [6, 6.07) is 14.4. The second-order valence-corrected chi connectivity index (χ2v) is 5.66. The Hall–Kier alpha value is -3.61. The summed E-state index contributed by atoms with van der Waals surface area (Å²) < 4.78 is 5.16. The predicted molar refractivity (Wildman–Crippen MR) is 100 cm³/mol. The van der Waals surface area contributed by atoms with Gasteiger partial charge in [-0.05, 0) is 30.7 Å². The topological polar surface area (TPSA) is 105 Å². The molecule has 0 saturated carbocycles. The molecule has 0 aliphatic heterocycles. The maximum atomic E-state index is 12.6. The van der Waals surface area contributed by atoms with E-state index in [0.29, 0.717) is 11.3 Å². The maximum absolute atomic E-state index is 12.6. The number of carbonyl (C=O) groups is 3. The summed E-state index contributed by atoms with van der Waals surface area (Å²) >= 11 is 0. The van der Waals surface area contributed by atoms with E-state index in [1.807, 2.05) is 6.07 Å². The largest absolute Gasteiger partial charge is 0.496 e. The monoisotopic (exact) mass is 368 g/mol. The van der Waals surface area contributed by atoms with Crippen molar-refractivity contribution in [3.8, 4) is 5.75 Å². The van der Waals surface area contributed by atoms with E-state index >= 15 is 0 Å². The number of benzene rings is 2. The van der Waals surface area contributed by atoms with E-state index in [1.165, 1.54) is 20.1 Å². The van der Waals surface area contributed by atoms with E-state index in [1.54, 1.807) is 48.5 Å². The molecule has 0 saturated heterocycles. The highest BCUT2D eigenvalue weighted by Crippen LogP contribution is 2.17. The van der Waals surface area contributed by atoms with Gasteiger partial charge in [-0.2, -0.15) is 0 Å². The van der Waals surface area contributed by atoms with E-state index in [2.05, 4.69) is 10.6 Å². The fourth-order valence-corrected chi connectivity index (χ4v) is 2.23. The molecule has 0 fully saturated rings. The summed E-state index contributed by atoms with van der Waals surface area (Å²) in [5, 5.41) is 13.9. The molecule has 140 valence electrons. The first-order chi connectivity index (χ1) is 12.9. The van der Waals surface area contributed by atoms with Crippen LogP contribution in [-0.2, 0) is 9.59 Å². The Morgan fingerprint density at radius 1 is 1.04 bits per heavy atom. The summed E-state index contributed by atoms with van der Waals surface area (Å²) in [5.74, 6) is -2.09. The molecule has 0 unspecified atom stereocenters. The maximum Gasteiger partial charge on any atom is 0.325 e. The van der Waals surface area contributed by atoms with Gasteiger partial charge in [-0.15, -0.1) is 0 Å². The van der Waals surface area contributed by atoms with Crippen molar-refractivity contribution in [3.63, 3.8) is 0 Å². The van der Waals surface area contributed by atoms with Gasteiger partial charge < -0.3 is 20.5 Å². The molecular weight excluding hydrogens is 348 g/mol. The van der Waals surface area contributed by atoms with Gasteiger partial charge in [0.05, 0.1) is 12.7 Å². The van der Waals surface area contributed by atoms with Crippen molar-refractivity contribution in [1.29, 1.82) is 0 Å². The molecule has 2 rings (SSSR count). The number of aliphatic carboxylic acids is 1. The number of hydrogen-bond donors (Lipinski definition) is 3. The number of methoxy groups -OCH3 is 1. The number of amides is 2. The van der Waals surface area contributed by atoms with Crippen molar-refractivity contribution in [2.45, 2.75) is 13.0 Å². The molecule has 2 aromatic carbocycles. The number of para-hydroxylation sites is 1. The lowest BCUT2D eigenvalue weighted by atomic mass is 10.1. The van der Waals surface area contributed by atoms with Crippen LogP contribution in [-0.4, -0.2) is 36.0 Å². The molecule has 0 aliphatic rings. The van der Waals surface area contributed by atoms with Gasteiger partial charge in [-0.25, -0.2) is 0 Å². The van der Waals surface area contributed by atoms with Crippen LogP contribution in [0, 0.1) is 0 Å². The van der Waals surface area contributed by atoms with Crippen LogP contribution in [0.4, 0.5) is 0 Å². The molecule has 7 nitrogen and oxygen atoms in total. The fourth-order valence-electron chi connectivity index (χ4n) is 2.23. The molecule has 1 atom stereocenters. The number of hydrogen-bond acceptors (Lipinski definition) is 4. The van der Waals surface area contributed by atoms with Crippen LogP contribution in [0.25, 0.3) is 6.08 Å². The summed E-state index contributed by atoms with van der Waals surface area (Å²) in [7, 11) is 1.44. The third kappa shape index (κ3) is 5.43. The van der Waals surface area contributed by atoms with Gasteiger partial charge in [-0.3, -0.25) is 14.4 Å². The van der Waals surface area contributed by atoms with E-state index in [4.69, 9.17) is 9.84 Å². The Balaban J connectivity index is 2.32. The minimum Gasteiger partial charge on any atom is -0.496 e. The molecule has 2 aromatic rings. The molecule has 0 aromatic heterocycles. The van der Waals surface area contributed by atoms with Crippen molar-refractivity contribution < 1.29 is 24.2 Å². The van der Waals surface area contributed by atoms with Gasteiger partial charge in [0.25, 0.3) is 11.8 Å². The van der Waals surface area contributed by atoms with Gasteiger partial charge in [-0.1, -0.05) is 42.5 Å². The average molecular weight is 368 g/mol.